The Balaban J connectivity index is 2.08. The molecule has 21 heavy (non-hydrogen) atoms. The average Bonchev–Trinajstić information content (AvgIpc) is 3.00. The zero-order valence-electron chi connectivity index (χ0n) is 12.9. The van der Waals surface area contributed by atoms with Crippen molar-refractivity contribution in [1.82, 2.24) is 9.55 Å². The second-order valence-electron chi connectivity index (χ2n) is 4.97. The normalized spacial score (nSPS) is 12.2. The van der Waals surface area contributed by atoms with Crippen LogP contribution >= 0.6 is 0 Å². The molecule has 114 valence electrons. The third-order valence-corrected chi connectivity index (χ3v) is 3.65. The van der Waals surface area contributed by atoms with E-state index in [0.29, 0.717) is 0 Å². The van der Waals surface area contributed by atoms with E-state index in [1.165, 1.54) is 5.56 Å². The number of hydrogen-bond donors (Lipinski definition) is 1. The molecule has 0 aliphatic rings. The van der Waals surface area contributed by atoms with Gasteiger partial charge in [-0.15, -0.1) is 0 Å². The number of hydrogen-bond acceptors (Lipinski definition) is 4. The van der Waals surface area contributed by atoms with Gasteiger partial charge in [0.15, 0.2) is 11.5 Å². The smallest absolute Gasteiger partial charge is 0.160 e. The molecule has 0 amide bonds. The number of aromatic nitrogens is 2. The van der Waals surface area contributed by atoms with Gasteiger partial charge in [-0.05, 0) is 30.5 Å². The average molecular weight is 289 g/mol. The Hall–Kier alpha value is -2.01. The van der Waals surface area contributed by atoms with E-state index in [-0.39, 0.29) is 6.04 Å². The minimum atomic E-state index is 0.0397. The van der Waals surface area contributed by atoms with Crippen molar-refractivity contribution in [3.05, 3.63) is 42.0 Å². The molecule has 0 spiro atoms. The van der Waals surface area contributed by atoms with Crippen molar-refractivity contribution >= 4 is 0 Å². The molecular weight excluding hydrogens is 266 g/mol. The van der Waals surface area contributed by atoms with Gasteiger partial charge in [0.1, 0.15) is 0 Å². The predicted molar refractivity (Wildman–Crippen MR) is 82.7 cm³/mol. The third-order valence-electron chi connectivity index (χ3n) is 3.65. The highest BCUT2D eigenvalue weighted by molar-refractivity contribution is 5.42. The Morgan fingerprint density at radius 2 is 2.00 bits per heavy atom. The van der Waals surface area contributed by atoms with Gasteiger partial charge in [-0.25, -0.2) is 4.98 Å². The minimum absolute atomic E-state index is 0.0397. The number of rotatable bonds is 7. The maximum atomic E-state index is 6.09. The third kappa shape index (κ3) is 3.55. The summed E-state index contributed by atoms with van der Waals surface area (Å²) in [5.74, 6) is 1.50. The van der Waals surface area contributed by atoms with Crippen LogP contribution in [-0.2, 0) is 13.0 Å². The molecule has 0 saturated carbocycles. The topological polar surface area (TPSA) is 62.3 Å². The Morgan fingerprint density at radius 1 is 1.24 bits per heavy atom. The Labute approximate surface area is 125 Å². The summed E-state index contributed by atoms with van der Waals surface area (Å²) < 4.78 is 12.7. The van der Waals surface area contributed by atoms with Crippen molar-refractivity contribution in [3.8, 4) is 11.5 Å². The van der Waals surface area contributed by atoms with Gasteiger partial charge in [0.2, 0.25) is 0 Å². The van der Waals surface area contributed by atoms with Crippen molar-refractivity contribution < 1.29 is 9.47 Å². The fourth-order valence-corrected chi connectivity index (χ4v) is 2.32. The molecule has 0 saturated heterocycles. The molecule has 2 rings (SSSR count). The Morgan fingerprint density at radius 3 is 2.67 bits per heavy atom. The molecule has 1 aromatic heterocycles. The van der Waals surface area contributed by atoms with Crippen molar-refractivity contribution in [2.75, 3.05) is 14.2 Å². The summed E-state index contributed by atoms with van der Waals surface area (Å²) in [7, 11) is 3.29. The molecule has 0 radical (unpaired) electrons. The summed E-state index contributed by atoms with van der Waals surface area (Å²) >= 11 is 0. The minimum Gasteiger partial charge on any atom is -0.493 e. The van der Waals surface area contributed by atoms with Crippen LogP contribution in [0.15, 0.2) is 30.7 Å². The molecular formula is C16H23N3O2. The van der Waals surface area contributed by atoms with Gasteiger partial charge in [-0.3, -0.25) is 0 Å². The fourth-order valence-electron chi connectivity index (χ4n) is 2.32. The lowest BCUT2D eigenvalue weighted by molar-refractivity contribution is 0.354. The molecule has 0 unspecified atom stereocenters. The zero-order chi connectivity index (χ0) is 15.2. The first-order chi connectivity index (χ1) is 10.2. The van der Waals surface area contributed by atoms with E-state index in [4.69, 9.17) is 15.2 Å². The molecule has 2 aromatic rings. The number of nitrogens with two attached hydrogens (primary N) is 1. The Bertz CT molecular complexity index is 581. The van der Waals surface area contributed by atoms with Crippen LogP contribution in [0, 0.1) is 0 Å². The van der Waals surface area contributed by atoms with Gasteiger partial charge in [0, 0.05) is 18.8 Å². The van der Waals surface area contributed by atoms with E-state index >= 15 is 0 Å². The standard InChI is InChI=1S/C16H23N3O2/c1-4-13(17)14-10-18-11-19(14)8-7-12-5-6-15(20-2)16(9-12)21-3/h5-6,9-11,13H,4,7-8,17H2,1-3H3/t13-/m1/s1. The van der Waals surface area contributed by atoms with E-state index in [2.05, 4.69) is 22.5 Å². The summed E-state index contributed by atoms with van der Waals surface area (Å²) in [6.07, 6.45) is 5.48. The van der Waals surface area contributed by atoms with Gasteiger partial charge < -0.3 is 19.8 Å². The van der Waals surface area contributed by atoms with Crippen LogP contribution in [0.2, 0.25) is 0 Å². The maximum absolute atomic E-state index is 6.09. The van der Waals surface area contributed by atoms with Crippen molar-refractivity contribution in [2.45, 2.75) is 32.4 Å². The molecule has 1 atom stereocenters. The largest absolute Gasteiger partial charge is 0.493 e. The zero-order valence-corrected chi connectivity index (χ0v) is 12.9. The van der Waals surface area contributed by atoms with Crippen LogP contribution in [0.3, 0.4) is 0 Å². The molecule has 0 aliphatic heterocycles. The van der Waals surface area contributed by atoms with E-state index in [1.54, 1.807) is 14.2 Å². The second-order valence-corrected chi connectivity index (χ2v) is 4.97. The van der Waals surface area contributed by atoms with Gasteiger partial charge in [-0.1, -0.05) is 13.0 Å². The van der Waals surface area contributed by atoms with Gasteiger partial charge in [0.05, 0.1) is 26.2 Å². The molecule has 1 aromatic carbocycles. The molecule has 0 aliphatic carbocycles. The van der Waals surface area contributed by atoms with E-state index < -0.39 is 0 Å². The summed E-state index contributed by atoms with van der Waals surface area (Å²) in [5.41, 5.74) is 8.37. The predicted octanol–water partition coefficient (Wildman–Crippen LogP) is 2.55. The summed E-state index contributed by atoms with van der Waals surface area (Å²) in [4.78, 5) is 4.20. The molecule has 5 heteroatoms. The highest BCUT2D eigenvalue weighted by Crippen LogP contribution is 2.28. The second kappa shape index (κ2) is 7.13. The van der Waals surface area contributed by atoms with Crippen molar-refractivity contribution in [2.24, 2.45) is 5.73 Å². The maximum Gasteiger partial charge on any atom is 0.160 e. The van der Waals surface area contributed by atoms with Gasteiger partial charge in [-0.2, -0.15) is 0 Å². The fraction of sp³-hybridized carbons (Fsp3) is 0.438. The molecule has 0 fully saturated rings. The van der Waals surface area contributed by atoms with Crippen LogP contribution in [-0.4, -0.2) is 23.8 Å². The first-order valence-electron chi connectivity index (χ1n) is 7.16. The summed E-state index contributed by atoms with van der Waals surface area (Å²) in [5, 5.41) is 0. The molecule has 5 nitrogen and oxygen atoms in total. The van der Waals surface area contributed by atoms with Crippen LogP contribution in [0.25, 0.3) is 0 Å². The first-order valence-corrected chi connectivity index (χ1v) is 7.16. The lowest BCUT2D eigenvalue weighted by Gasteiger charge is -2.14. The van der Waals surface area contributed by atoms with E-state index in [1.807, 2.05) is 24.7 Å². The number of imidazole rings is 1. The number of methoxy groups -OCH3 is 2. The number of ether oxygens (including phenoxy) is 2. The van der Waals surface area contributed by atoms with E-state index in [9.17, 15) is 0 Å². The molecule has 1 heterocycles. The lowest BCUT2D eigenvalue weighted by Crippen LogP contribution is -2.15. The van der Waals surface area contributed by atoms with Crippen LogP contribution in [0.5, 0.6) is 11.5 Å². The molecule has 2 N–H and O–H groups in total. The number of aryl methyl sites for hydroxylation is 2. The van der Waals surface area contributed by atoms with Crippen LogP contribution in [0.1, 0.15) is 30.6 Å². The highest BCUT2D eigenvalue weighted by atomic mass is 16.5. The lowest BCUT2D eigenvalue weighted by atomic mass is 10.1. The van der Waals surface area contributed by atoms with Crippen LogP contribution in [0.4, 0.5) is 0 Å². The van der Waals surface area contributed by atoms with Crippen molar-refractivity contribution in [1.29, 1.82) is 0 Å². The summed E-state index contributed by atoms with van der Waals surface area (Å²) in [6.45, 7) is 2.93. The molecule has 0 bridgehead atoms. The van der Waals surface area contributed by atoms with Crippen molar-refractivity contribution in [3.63, 3.8) is 0 Å². The monoisotopic (exact) mass is 289 g/mol. The van der Waals surface area contributed by atoms with Gasteiger partial charge in [0.25, 0.3) is 0 Å². The summed E-state index contributed by atoms with van der Waals surface area (Å²) in [6, 6.07) is 6.03. The highest BCUT2D eigenvalue weighted by Gasteiger charge is 2.10. The quantitative estimate of drug-likeness (QED) is 0.851. The Kier molecular flexibility index (Phi) is 5.22. The van der Waals surface area contributed by atoms with E-state index in [0.717, 1.165) is 36.6 Å². The number of nitrogens with zero attached hydrogens (tertiary/aromatic N) is 2. The van der Waals surface area contributed by atoms with Crippen LogP contribution < -0.4 is 15.2 Å². The SMILES string of the molecule is CC[C@@H](N)c1cncn1CCc1ccc(OC)c(OC)c1. The first kappa shape index (κ1) is 15.4. The number of benzene rings is 1. The van der Waals surface area contributed by atoms with Gasteiger partial charge >= 0.3 is 0 Å².